The van der Waals surface area contributed by atoms with Gasteiger partial charge in [-0.25, -0.2) is 9.78 Å². The highest BCUT2D eigenvalue weighted by Crippen LogP contribution is 2.27. The Morgan fingerprint density at radius 2 is 2.29 bits per heavy atom. The van der Waals surface area contributed by atoms with Crippen molar-refractivity contribution in [2.75, 3.05) is 11.9 Å². The van der Waals surface area contributed by atoms with E-state index in [-0.39, 0.29) is 5.69 Å². The number of hydrogen-bond donors (Lipinski definition) is 1. The fraction of sp³-hybridized carbons (Fsp3) is 0.333. The van der Waals surface area contributed by atoms with Gasteiger partial charge in [0.05, 0.1) is 9.40 Å². The lowest BCUT2D eigenvalue weighted by Gasteiger charge is -2.23. The van der Waals surface area contributed by atoms with Crippen LogP contribution in [0.2, 0.25) is 0 Å². The number of carbonyl (C=O) groups is 1. The number of carboxylic acid groups (broad SMARTS) is 1. The Labute approximate surface area is 105 Å². The Hall–Kier alpha value is -1.70. The third-order valence-electron chi connectivity index (χ3n) is 2.29. The average Bonchev–Trinajstić information content (AvgIpc) is 2.26. The number of anilines is 1. The number of rotatable bonds is 4. The number of hydrogen-bond acceptors (Lipinski definition) is 5. The quantitative estimate of drug-likeness (QED) is 0.671. The summed E-state index contributed by atoms with van der Waals surface area (Å²) in [5, 5.41) is 19.4. The van der Waals surface area contributed by atoms with Crippen molar-refractivity contribution < 1.29 is 14.8 Å². The SMILES string of the molecule is CC(C(=O)O)N(C)c1ncc([N+](=O)[O-])cc1Br. The van der Waals surface area contributed by atoms with Gasteiger partial charge >= 0.3 is 5.97 Å². The molecule has 0 spiro atoms. The second-order valence-corrected chi connectivity index (χ2v) is 4.24. The third kappa shape index (κ3) is 2.90. The van der Waals surface area contributed by atoms with Crippen LogP contribution < -0.4 is 4.90 Å². The number of carboxylic acids is 1. The van der Waals surface area contributed by atoms with Crippen LogP contribution in [-0.4, -0.2) is 34.1 Å². The van der Waals surface area contributed by atoms with Crippen LogP contribution >= 0.6 is 15.9 Å². The van der Waals surface area contributed by atoms with Gasteiger partial charge in [0.2, 0.25) is 0 Å². The number of halogens is 1. The van der Waals surface area contributed by atoms with Crippen molar-refractivity contribution in [1.82, 2.24) is 4.98 Å². The first-order valence-corrected chi connectivity index (χ1v) is 5.39. The van der Waals surface area contributed by atoms with Crippen molar-refractivity contribution >= 4 is 33.4 Å². The first-order chi connectivity index (χ1) is 7.84. The van der Waals surface area contributed by atoms with E-state index < -0.39 is 16.9 Å². The lowest BCUT2D eigenvalue weighted by molar-refractivity contribution is -0.385. The summed E-state index contributed by atoms with van der Waals surface area (Å²) in [5.74, 6) is -0.662. The summed E-state index contributed by atoms with van der Waals surface area (Å²) in [6.45, 7) is 1.50. The Morgan fingerprint density at radius 3 is 2.71 bits per heavy atom. The maximum atomic E-state index is 10.8. The van der Waals surface area contributed by atoms with E-state index in [0.717, 1.165) is 6.20 Å². The van der Waals surface area contributed by atoms with Gasteiger partial charge in [-0.05, 0) is 22.9 Å². The van der Waals surface area contributed by atoms with Gasteiger partial charge in [-0.2, -0.15) is 0 Å². The van der Waals surface area contributed by atoms with E-state index in [0.29, 0.717) is 10.3 Å². The van der Waals surface area contributed by atoms with E-state index in [9.17, 15) is 14.9 Å². The standard InChI is InChI=1S/C9H10BrN3O4/c1-5(9(14)15)12(2)8-7(10)3-6(4-11-8)13(16)17/h3-5H,1-2H3,(H,14,15). The minimum atomic E-state index is -1.00. The Balaban J connectivity index is 3.08. The molecule has 1 rings (SSSR count). The van der Waals surface area contributed by atoms with E-state index in [1.807, 2.05) is 0 Å². The number of pyridine rings is 1. The van der Waals surface area contributed by atoms with Gasteiger partial charge in [-0.1, -0.05) is 0 Å². The highest BCUT2D eigenvalue weighted by atomic mass is 79.9. The van der Waals surface area contributed by atoms with Crippen molar-refractivity contribution in [3.63, 3.8) is 0 Å². The molecular formula is C9H10BrN3O4. The molecule has 0 bridgehead atoms. The largest absolute Gasteiger partial charge is 0.480 e. The van der Waals surface area contributed by atoms with E-state index in [1.54, 1.807) is 7.05 Å². The number of likely N-dealkylation sites (N-methyl/N-ethyl adjacent to an activating group) is 1. The molecule has 1 N–H and O–H groups in total. The second kappa shape index (κ2) is 5.09. The molecule has 0 aliphatic heterocycles. The van der Waals surface area contributed by atoms with Gasteiger partial charge < -0.3 is 10.0 Å². The summed E-state index contributed by atoms with van der Waals surface area (Å²) >= 11 is 3.13. The molecule has 0 saturated heterocycles. The maximum absolute atomic E-state index is 10.8. The predicted molar refractivity (Wildman–Crippen MR) is 64.1 cm³/mol. The summed E-state index contributed by atoms with van der Waals surface area (Å²) in [6, 6.07) is 0.508. The third-order valence-corrected chi connectivity index (χ3v) is 2.87. The zero-order chi connectivity index (χ0) is 13.2. The number of aromatic nitrogens is 1. The number of nitrogens with zero attached hydrogens (tertiary/aromatic N) is 3. The highest BCUT2D eigenvalue weighted by molar-refractivity contribution is 9.10. The normalized spacial score (nSPS) is 11.9. The molecule has 0 aromatic carbocycles. The summed E-state index contributed by atoms with van der Waals surface area (Å²) in [6.07, 6.45) is 1.09. The molecule has 8 heteroatoms. The molecule has 0 aliphatic carbocycles. The molecule has 1 aromatic rings. The lowest BCUT2D eigenvalue weighted by atomic mass is 10.3. The first-order valence-electron chi connectivity index (χ1n) is 4.60. The van der Waals surface area contributed by atoms with E-state index >= 15 is 0 Å². The van der Waals surface area contributed by atoms with Crippen LogP contribution in [0.5, 0.6) is 0 Å². The lowest BCUT2D eigenvalue weighted by Crippen LogP contribution is -2.36. The molecule has 1 unspecified atom stereocenters. The van der Waals surface area contributed by atoms with Crippen molar-refractivity contribution in [3.8, 4) is 0 Å². The highest BCUT2D eigenvalue weighted by Gasteiger charge is 2.21. The van der Waals surface area contributed by atoms with E-state index in [2.05, 4.69) is 20.9 Å². The molecule has 1 heterocycles. The van der Waals surface area contributed by atoms with Gasteiger partial charge in [0, 0.05) is 13.1 Å². The molecule has 17 heavy (non-hydrogen) atoms. The van der Waals surface area contributed by atoms with E-state index in [4.69, 9.17) is 5.11 Å². The van der Waals surface area contributed by atoms with Gasteiger partial charge in [0.25, 0.3) is 5.69 Å². The minimum Gasteiger partial charge on any atom is -0.480 e. The first kappa shape index (κ1) is 13.4. The molecule has 7 nitrogen and oxygen atoms in total. The average molecular weight is 304 g/mol. The zero-order valence-electron chi connectivity index (χ0n) is 9.12. The summed E-state index contributed by atoms with van der Waals surface area (Å²) < 4.78 is 0.377. The zero-order valence-corrected chi connectivity index (χ0v) is 10.7. The van der Waals surface area contributed by atoms with Crippen LogP contribution in [0.15, 0.2) is 16.7 Å². The molecule has 1 atom stereocenters. The van der Waals surface area contributed by atoms with Gasteiger partial charge in [0.1, 0.15) is 18.1 Å². The number of nitro groups is 1. The molecule has 92 valence electrons. The van der Waals surface area contributed by atoms with Gasteiger partial charge in [-0.3, -0.25) is 10.1 Å². The fourth-order valence-corrected chi connectivity index (χ4v) is 1.75. The van der Waals surface area contributed by atoms with Crippen molar-refractivity contribution in [2.24, 2.45) is 0 Å². The molecule has 0 radical (unpaired) electrons. The van der Waals surface area contributed by atoms with Crippen molar-refractivity contribution in [2.45, 2.75) is 13.0 Å². The van der Waals surface area contributed by atoms with Gasteiger partial charge in [0.15, 0.2) is 0 Å². The Bertz CT molecular complexity index is 466. The monoisotopic (exact) mass is 303 g/mol. The summed E-state index contributed by atoms with van der Waals surface area (Å²) in [4.78, 5) is 26.0. The van der Waals surface area contributed by atoms with Gasteiger partial charge in [-0.15, -0.1) is 0 Å². The maximum Gasteiger partial charge on any atom is 0.326 e. The molecule has 0 aliphatic rings. The Kier molecular flexibility index (Phi) is 4.00. The van der Waals surface area contributed by atoms with Crippen molar-refractivity contribution in [1.29, 1.82) is 0 Å². The molecular weight excluding hydrogens is 294 g/mol. The second-order valence-electron chi connectivity index (χ2n) is 3.38. The Morgan fingerprint density at radius 1 is 1.71 bits per heavy atom. The van der Waals surface area contributed by atoms with Crippen LogP contribution in [-0.2, 0) is 4.79 Å². The fourth-order valence-electron chi connectivity index (χ4n) is 1.13. The summed E-state index contributed by atoms with van der Waals surface area (Å²) in [7, 11) is 1.55. The van der Waals surface area contributed by atoms with E-state index in [1.165, 1.54) is 17.9 Å². The van der Waals surface area contributed by atoms with Crippen molar-refractivity contribution in [3.05, 3.63) is 26.9 Å². The smallest absolute Gasteiger partial charge is 0.326 e. The van der Waals surface area contributed by atoms with Crippen LogP contribution in [0.3, 0.4) is 0 Å². The van der Waals surface area contributed by atoms with Crippen LogP contribution in [0.4, 0.5) is 11.5 Å². The molecule has 0 amide bonds. The van der Waals surface area contributed by atoms with Crippen LogP contribution in [0.25, 0.3) is 0 Å². The molecule has 1 aromatic heterocycles. The topological polar surface area (TPSA) is 96.6 Å². The molecule has 0 fully saturated rings. The predicted octanol–water partition coefficient (Wildman–Crippen LogP) is 1.66. The number of aliphatic carboxylic acids is 1. The molecule has 0 saturated carbocycles. The van der Waals surface area contributed by atoms with Crippen LogP contribution in [0, 0.1) is 10.1 Å². The van der Waals surface area contributed by atoms with Crippen LogP contribution in [0.1, 0.15) is 6.92 Å². The minimum absolute atomic E-state index is 0.156. The summed E-state index contributed by atoms with van der Waals surface area (Å²) in [5.41, 5.74) is -0.156.